The van der Waals surface area contributed by atoms with Crippen molar-refractivity contribution in [1.82, 2.24) is 20.0 Å². The van der Waals surface area contributed by atoms with Gasteiger partial charge in [0.25, 0.3) is 11.8 Å². The third kappa shape index (κ3) is 3.72. The van der Waals surface area contributed by atoms with E-state index in [1.54, 1.807) is 40.9 Å². The molecule has 1 aromatic carbocycles. The van der Waals surface area contributed by atoms with E-state index in [-0.39, 0.29) is 35.8 Å². The summed E-state index contributed by atoms with van der Waals surface area (Å²) >= 11 is 0. The van der Waals surface area contributed by atoms with Crippen molar-refractivity contribution in [2.75, 3.05) is 0 Å². The molecule has 0 fully saturated rings. The maximum Gasteiger partial charge on any atom is 0.287 e. The van der Waals surface area contributed by atoms with E-state index in [2.05, 4.69) is 15.6 Å². The normalized spacial score (nSPS) is 10.9. The molecule has 7 heteroatoms. The Kier molecular flexibility index (Phi) is 4.97. The summed E-state index contributed by atoms with van der Waals surface area (Å²) in [5, 5.41) is 5.53. The largest absolute Gasteiger partial charge is 0.348 e. The molecule has 0 unspecified atom stereocenters. The Hall–Kier alpha value is -3.22. The molecule has 6 nitrogen and oxygen atoms in total. The summed E-state index contributed by atoms with van der Waals surface area (Å²) in [5.74, 6) is -0.961. The first-order valence-corrected chi connectivity index (χ1v) is 8.26. The minimum absolute atomic E-state index is 0.0429. The third-order valence-corrected chi connectivity index (χ3v) is 3.75. The van der Waals surface area contributed by atoms with E-state index >= 15 is 0 Å². The second-order valence-electron chi connectivity index (χ2n) is 6.18. The van der Waals surface area contributed by atoms with Gasteiger partial charge in [0.2, 0.25) is 5.82 Å². The number of carbonyl (C=O) groups excluding carboxylic acids is 2. The van der Waals surface area contributed by atoms with Gasteiger partial charge in [0, 0.05) is 18.8 Å². The first kappa shape index (κ1) is 17.6. The molecular weight excluding hydrogens is 335 g/mol. The molecular formula is C19H19FN4O2. The van der Waals surface area contributed by atoms with Crippen LogP contribution in [0.15, 0.2) is 48.7 Å². The molecule has 0 bridgehead atoms. The SMILES string of the molecule is CC(C)NC(=O)c1nc(C(=O)NCc2ccc(F)cc2)n2ccccc12. The van der Waals surface area contributed by atoms with Gasteiger partial charge in [0.15, 0.2) is 5.69 Å². The van der Waals surface area contributed by atoms with Gasteiger partial charge < -0.3 is 10.6 Å². The van der Waals surface area contributed by atoms with Crippen molar-refractivity contribution < 1.29 is 14.0 Å². The highest BCUT2D eigenvalue weighted by atomic mass is 19.1. The Morgan fingerprint density at radius 3 is 2.54 bits per heavy atom. The summed E-state index contributed by atoms with van der Waals surface area (Å²) in [6, 6.07) is 11.1. The van der Waals surface area contributed by atoms with Crippen LogP contribution in [0, 0.1) is 5.82 Å². The molecule has 2 N–H and O–H groups in total. The number of benzene rings is 1. The molecule has 0 saturated heterocycles. The lowest BCUT2D eigenvalue weighted by molar-refractivity contribution is 0.0939. The zero-order valence-electron chi connectivity index (χ0n) is 14.5. The van der Waals surface area contributed by atoms with Gasteiger partial charge in [-0.2, -0.15) is 0 Å². The number of rotatable bonds is 5. The van der Waals surface area contributed by atoms with Gasteiger partial charge in [-0.3, -0.25) is 14.0 Å². The van der Waals surface area contributed by atoms with Crippen molar-refractivity contribution in [3.63, 3.8) is 0 Å². The van der Waals surface area contributed by atoms with Crippen molar-refractivity contribution in [2.45, 2.75) is 26.4 Å². The number of hydrogen-bond donors (Lipinski definition) is 2. The van der Waals surface area contributed by atoms with Gasteiger partial charge in [0.05, 0.1) is 5.52 Å². The Morgan fingerprint density at radius 1 is 1.12 bits per heavy atom. The molecule has 2 heterocycles. The Balaban J connectivity index is 1.85. The number of nitrogens with zero attached hydrogens (tertiary/aromatic N) is 2. The number of imidazole rings is 1. The van der Waals surface area contributed by atoms with Crippen LogP contribution < -0.4 is 10.6 Å². The molecule has 0 aliphatic rings. The van der Waals surface area contributed by atoms with Crippen LogP contribution in [0.1, 0.15) is 40.5 Å². The van der Waals surface area contributed by atoms with Crippen LogP contribution in [-0.2, 0) is 6.54 Å². The topological polar surface area (TPSA) is 75.5 Å². The van der Waals surface area contributed by atoms with E-state index in [1.165, 1.54) is 12.1 Å². The number of fused-ring (bicyclic) bond motifs is 1. The van der Waals surface area contributed by atoms with Crippen LogP contribution in [0.4, 0.5) is 4.39 Å². The van der Waals surface area contributed by atoms with Crippen molar-refractivity contribution >= 4 is 17.3 Å². The molecule has 26 heavy (non-hydrogen) atoms. The summed E-state index contributed by atoms with van der Waals surface area (Å²) in [6.07, 6.45) is 1.68. The van der Waals surface area contributed by atoms with Crippen LogP contribution in [0.3, 0.4) is 0 Å². The second-order valence-corrected chi connectivity index (χ2v) is 6.18. The molecule has 2 aromatic heterocycles. The van der Waals surface area contributed by atoms with Gasteiger partial charge in [-0.05, 0) is 43.7 Å². The quantitative estimate of drug-likeness (QED) is 0.739. The minimum Gasteiger partial charge on any atom is -0.348 e. The second kappa shape index (κ2) is 7.35. The maximum absolute atomic E-state index is 13.0. The molecule has 3 aromatic rings. The van der Waals surface area contributed by atoms with Crippen LogP contribution in [0.2, 0.25) is 0 Å². The molecule has 0 aliphatic heterocycles. The molecule has 0 saturated carbocycles. The van der Waals surface area contributed by atoms with Crippen molar-refractivity contribution in [3.8, 4) is 0 Å². The first-order chi connectivity index (χ1) is 12.5. The number of amides is 2. The number of pyridine rings is 1. The Bertz CT molecular complexity index is 948. The lowest BCUT2D eigenvalue weighted by atomic mass is 10.2. The van der Waals surface area contributed by atoms with Crippen molar-refractivity contribution in [1.29, 1.82) is 0 Å². The minimum atomic E-state index is -0.417. The third-order valence-electron chi connectivity index (χ3n) is 3.75. The highest BCUT2D eigenvalue weighted by Gasteiger charge is 2.21. The number of nitrogens with one attached hydrogen (secondary N) is 2. The molecule has 134 valence electrons. The number of aromatic nitrogens is 2. The Labute approximate surface area is 150 Å². The number of halogens is 1. The summed E-state index contributed by atoms with van der Waals surface area (Å²) < 4.78 is 14.5. The highest BCUT2D eigenvalue weighted by molar-refractivity contribution is 6.02. The lowest BCUT2D eigenvalue weighted by Crippen LogP contribution is -2.30. The van der Waals surface area contributed by atoms with E-state index in [0.717, 1.165) is 5.56 Å². The van der Waals surface area contributed by atoms with E-state index in [0.29, 0.717) is 5.52 Å². The first-order valence-electron chi connectivity index (χ1n) is 8.26. The zero-order chi connectivity index (χ0) is 18.7. The Morgan fingerprint density at radius 2 is 1.85 bits per heavy atom. The fourth-order valence-electron chi connectivity index (χ4n) is 2.56. The molecule has 3 rings (SSSR count). The van der Waals surface area contributed by atoms with Gasteiger partial charge in [-0.1, -0.05) is 18.2 Å². The van der Waals surface area contributed by atoms with Crippen molar-refractivity contribution in [3.05, 3.63) is 71.6 Å². The monoisotopic (exact) mass is 354 g/mol. The van der Waals surface area contributed by atoms with E-state index in [1.807, 2.05) is 13.8 Å². The van der Waals surface area contributed by atoms with E-state index < -0.39 is 5.91 Å². The zero-order valence-corrected chi connectivity index (χ0v) is 14.5. The van der Waals surface area contributed by atoms with Gasteiger partial charge >= 0.3 is 0 Å². The highest BCUT2D eigenvalue weighted by Crippen LogP contribution is 2.14. The number of carbonyl (C=O) groups is 2. The summed E-state index contributed by atoms with van der Waals surface area (Å²) in [4.78, 5) is 29.2. The maximum atomic E-state index is 13.0. The van der Waals surface area contributed by atoms with Crippen LogP contribution in [0.5, 0.6) is 0 Å². The molecule has 2 amide bonds. The predicted molar refractivity (Wildman–Crippen MR) is 95.4 cm³/mol. The molecule has 0 aliphatic carbocycles. The average molecular weight is 354 g/mol. The molecule has 0 spiro atoms. The summed E-state index contributed by atoms with van der Waals surface area (Å²) in [5.41, 5.74) is 1.52. The molecule has 0 radical (unpaired) electrons. The smallest absolute Gasteiger partial charge is 0.287 e. The van der Waals surface area contributed by atoms with Crippen LogP contribution in [-0.4, -0.2) is 27.2 Å². The fourth-order valence-corrected chi connectivity index (χ4v) is 2.56. The van der Waals surface area contributed by atoms with Gasteiger partial charge in [0.1, 0.15) is 5.82 Å². The number of hydrogen-bond acceptors (Lipinski definition) is 3. The average Bonchev–Trinajstić information content (AvgIpc) is 3.00. The molecule has 0 atom stereocenters. The van der Waals surface area contributed by atoms with Crippen LogP contribution in [0.25, 0.3) is 5.52 Å². The van der Waals surface area contributed by atoms with Gasteiger partial charge in [-0.15, -0.1) is 0 Å². The predicted octanol–water partition coefficient (Wildman–Crippen LogP) is 2.54. The lowest BCUT2D eigenvalue weighted by Gasteiger charge is -2.06. The summed E-state index contributed by atoms with van der Waals surface area (Å²) in [6.45, 7) is 3.94. The standard InChI is InChI=1S/C19H19FN4O2/c1-12(2)22-18(25)16-15-5-3-4-10-24(15)17(23-16)19(26)21-11-13-6-8-14(20)9-7-13/h3-10,12H,11H2,1-2H3,(H,21,26)(H,22,25). The van der Waals surface area contributed by atoms with Gasteiger partial charge in [-0.25, -0.2) is 9.37 Å². The van der Waals surface area contributed by atoms with Crippen molar-refractivity contribution in [2.24, 2.45) is 0 Å². The van der Waals surface area contributed by atoms with Crippen LogP contribution >= 0.6 is 0 Å². The van der Waals surface area contributed by atoms with E-state index in [9.17, 15) is 14.0 Å². The summed E-state index contributed by atoms with van der Waals surface area (Å²) in [7, 11) is 0. The van der Waals surface area contributed by atoms with E-state index in [4.69, 9.17) is 0 Å². The fraction of sp³-hybridized carbons (Fsp3) is 0.211.